The van der Waals surface area contributed by atoms with Gasteiger partial charge in [-0.1, -0.05) is 11.8 Å². The topological polar surface area (TPSA) is 60.8 Å². The van der Waals surface area contributed by atoms with Crippen molar-refractivity contribution >= 4 is 5.91 Å². The molecule has 0 radical (unpaired) electrons. The van der Waals surface area contributed by atoms with Crippen LogP contribution >= 0.6 is 0 Å². The van der Waals surface area contributed by atoms with Gasteiger partial charge in [0.1, 0.15) is 0 Å². The molecule has 1 aliphatic heterocycles. The Morgan fingerprint density at radius 2 is 1.90 bits per heavy atom. The third kappa shape index (κ3) is 3.83. The van der Waals surface area contributed by atoms with Crippen LogP contribution in [0.1, 0.15) is 35.2 Å². The van der Waals surface area contributed by atoms with Gasteiger partial charge < -0.3 is 15.1 Å². The molecule has 1 heterocycles. The van der Waals surface area contributed by atoms with Crippen molar-refractivity contribution in [2.75, 3.05) is 19.7 Å². The Balaban J connectivity index is 1.99. The fourth-order valence-corrected chi connectivity index (χ4v) is 2.17. The number of aliphatic hydroxyl groups excluding tert-OH is 2. The van der Waals surface area contributed by atoms with E-state index in [1.165, 1.54) is 0 Å². The van der Waals surface area contributed by atoms with Crippen LogP contribution in [0.25, 0.3) is 0 Å². The van der Waals surface area contributed by atoms with Crippen molar-refractivity contribution in [3.8, 4) is 11.8 Å². The SMILES string of the molecule is O=C(c1ccc(C#CCCO)cc1)N1CCC(O)CC1. The Bertz CT molecular complexity index is 505. The number of aliphatic hydroxyl groups is 2. The first-order valence-electron chi connectivity index (χ1n) is 6.88. The number of carbonyl (C=O) groups is 1. The first-order chi connectivity index (χ1) is 9.70. The minimum atomic E-state index is -0.275. The molecule has 0 saturated carbocycles. The minimum absolute atomic E-state index is 0.00627. The van der Waals surface area contributed by atoms with Crippen LogP contribution < -0.4 is 0 Å². The number of rotatable bonds is 2. The van der Waals surface area contributed by atoms with E-state index in [4.69, 9.17) is 5.11 Å². The van der Waals surface area contributed by atoms with E-state index in [2.05, 4.69) is 11.8 Å². The van der Waals surface area contributed by atoms with E-state index in [0.29, 0.717) is 37.9 Å². The molecule has 4 nitrogen and oxygen atoms in total. The summed E-state index contributed by atoms with van der Waals surface area (Å²) < 4.78 is 0. The van der Waals surface area contributed by atoms with Gasteiger partial charge in [-0.15, -0.1) is 0 Å². The summed E-state index contributed by atoms with van der Waals surface area (Å²) in [6, 6.07) is 7.18. The maximum atomic E-state index is 12.3. The lowest BCUT2D eigenvalue weighted by atomic mass is 10.1. The number of hydrogen-bond donors (Lipinski definition) is 2. The number of benzene rings is 1. The molecule has 106 valence electrons. The molecule has 4 heteroatoms. The predicted octanol–water partition coefficient (Wildman–Crippen LogP) is 1.02. The molecule has 1 amide bonds. The molecule has 1 aliphatic rings. The molecular weight excluding hydrogens is 254 g/mol. The molecule has 2 rings (SSSR count). The summed E-state index contributed by atoms with van der Waals surface area (Å²) in [7, 11) is 0. The highest BCUT2D eigenvalue weighted by atomic mass is 16.3. The van der Waals surface area contributed by atoms with E-state index in [1.54, 1.807) is 17.0 Å². The monoisotopic (exact) mass is 273 g/mol. The molecular formula is C16H19NO3. The van der Waals surface area contributed by atoms with Crippen LogP contribution in [0, 0.1) is 11.8 Å². The van der Waals surface area contributed by atoms with Crippen LogP contribution in [0.15, 0.2) is 24.3 Å². The van der Waals surface area contributed by atoms with E-state index in [-0.39, 0.29) is 18.6 Å². The summed E-state index contributed by atoms with van der Waals surface area (Å²) in [4.78, 5) is 14.0. The van der Waals surface area contributed by atoms with Gasteiger partial charge in [0.15, 0.2) is 0 Å². The molecule has 0 aromatic heterocycles. The molecule has 0 atom stereocenters. The number of nitrogens with zero attached hydrogens (tertiary/aromatic N) is 1. The Morgan fingerprint density at radius 3 is 2.50 bits per heavy atom. The molecule has 0 unspecified atom stereocenters. The van der Waals surface area contributed by atoms with Crippen molar-refractivity contribution < 1.29 is 15.0 Å². The van der Waals surface area contributed by atoms with E-state index < -0.39 is 0 Å². The summed E-state index contributed by atoms with van der Waals surface area (Å²) in [6.07, 6.45) is 1.48. The van der Waals surface area contributed by atoms with Crippen molar-refractivity contribution in [3.05, 3.63) is 35.4 Å². The molecule has 0 bridgehead atoms. The average molecular weight is 273 g/mol. The first-order valence-corrected chi connectivity index (χ1v) is 6.88. The zero-order chi connectivity index (χ0) is 14.4. The molecule has 1 aromatic carbocycles. The second-order valence-electron chi connectivity index (χ2n) is 4.88. The number of amides is 1. The van der Waals surface area contributed by atoms with Gasteiger partial charge in [0.2, 0.25) is 0 Å². The summed E-state index contributed by atoms with van der Waals surface area (Å²) >= 11 is 0. The lowest BCUT2D eigenvalue weighted by Crippen LogP contribution is -2.40. The van der Waals surface area contributed by atoms with Crippen LogP contribution in [0.4, 0.5) is 0 Å². The van der Waals surface area contributed by atoms with E-state index in [0.717, 1.165) is 5.56 Å². The Morgan fingerprint density at radius 1 is 1.25 bits per heavy atom. The van der Waals surface area contributed by atoms with Gasteiger partial charge in [-0.2, -0.15) is 0 Å². The highest BCUT2D eigenvalue weighted by Crippen LogP contribution is 2.14. The normalized spacial score (nSPS) is 15.6. The lowest BCUT2D eigenvalue weighted by Gasteiger charge is -2.29. The number of carbonyl (C=O) groups excluding carboxylic acids is 1. The quantitative estimate of drug-likeness (QED) is 0.791. The highest BCUT2D eigenvalue weighted by molar-refractivity contribution is 5.94. The van der Waals surface area contributed by atoms with Crippen molar-refractivity contribution in [2.24, 2.45) is 0 Å². The molecule has 0 aliphatic carbocycles. The van der Waals surface area contributed by atoms with Gasteiger partial charge in [-0.3, -0.25) is 4.79 Å². The summed E-state index contributed by atoms with van der Waals surface area (Å²) in [5.74, 6) is 5.78. The van der Waals surface area contributed by atoms with Crippen LogP contribution in [-0.2, 0) is 0 Å². The van der Waals surface area contributed by atoms with Gasteiger partial charge in [0.25, 0.3) is 5.91 Å². The fourth-order valence-electron chi connectivity index (χ4n) is 2.17. The Labute approximate surface area is 119 Å². The number of hydrogen-bond acceptors (Lipinski definition) is 3. The fraction of sp³-hybridized carbons (Fsp3) is 0.438. The Kier molecular flexibility index (Phi) is 5.16. The van der Waals surface area contributed by atoms with Crippen LogP contribution in [0.5, 0.6) is 0 Å². The molecule has 0 spiro atoms. The number of piperidine rings is 1. The second-order valence-corrected chi connectivity index (χ2v) is 4.88. The molecule has 1 fully saturated rings. The molecule has 1 aromatic rings. The van der Waals surface area contributed by atoms with Gasteiger partial charge in [-0.25, -0.2) is 0 Å². The first kappa shape index (κ1) is 14.6. The third-order valence-corrected chi connectivity index (χ3v) is 3.35. The van der Waals surface area contributed by atoms with Crippen molar-refractivity contribution in [1.29, 1.82) is 0 Å². The lowest BCUT2D eigenvalue weighted by molar-refractivity contribution is 0.0546. The van der Waals surface area contributed by atoms with E-state index in [9.17, 15) is 9.90 Å². The third-order valence-electron chi connectivity index (χ3n) is 3.35. The van der Waals surface area contributed by atoms with Gasteiger partial charge >= 0.3 is 0 Å². The highest BCUT2D eigenvalue weighted by Gasteiger charge is 2.21. The van der Waals surface area contributed by atoms with E-state index >= 15 is 0 Å². The van der Waals surface area contributed by atoms with Gasteiger partial charge in [0.05, 0.1) is 12.7 Å². The van der Waals surface area contributed by atoms with Crippen molar-refractivity contribution in [2.45, 2.75) is 25.4 Å². The molecule has 20 heavy (non-hydrogen) atoms. The maximum Gasteiger partial charge on any atom is 0.253 e. The standard InChI is InChI=1S/C16H19NO3/c18-12-2-1-3-13-4-6-14(7-5-13)16(20)17-10-8-15(19)9-11-17/h4-7,15,18-19H,2,8-12H2. The van der Waals surface area contributed by atoms with Crippen LogP contribution in [0.3, 0.4) is 0 Å². The predicted molar refractivity (Wildman–Crippen MR) is 76.2 cm³/mol. The summed E-state index contributed by atoms with van der Waals surface area (Å²) in [5.41, 5.74) is 1.48. The Hall–Kier alpha value is -1.83. The smallest absolute Gasteiger partial charge is 0.253 e. The average Bonchev–Trinajstić information content (AvgIpc) is 2.48. The minimum Gasteiger partial charge on any atom is -0.395 e. The van der Waals surface area contributed by atoms with Crippen LogP contribution in [-0.4, -0.2) is 46.8 Å². The van der Waals surface area contributed by atoms with Gasteiger partial charge in [0, 0.05) is 30.6 Å². The summed E-state index contributed by atoms with van der Waals surface area (Å²) in [5, 5.41) is 18.1. The van der Waals surface area contributed by atoms with Crippen LogP contribution in [0.2, 0.25) is 0 Å². The van der Waals surface area contributed by atoms with Gasteiger partial charge in [-0.05, 0) is 37.1 Å². The zero-order valence-corrected chi connectivity index (χ0v) is 11.4. The zero-order valence-electron chi connectivity index (χ0n) is 11.4. The largest absolute Gasteiger partial charge is 0.395 e. The second kappa shape index (κ2) is 7.09. The maximum absolute atomic E-state index is 12.3. The van der Waals surface area contributed by atoms with Crippen molar-refractivity contribution in [1.82, 2.24) is 4.90 Å². The molecule has 2 N–H and O–H groups in total. The van der Waals surface area contributed by atoms with E-state index in [1.807, 2.05) is 12.1 Å². The number of likely N-dealkylation sites (tertiary alicyclic amines) is 1. The van der Waals surface area contributed by atoms with Crippen molar-refractivity contribution in [3.63, 3.8) is 0 Å². The summed E-state index contributed by atoms with van der Waals surface area (Å²) in [6.45, 7) is 1.28. The molecule has 1 saturated heterocycles.